The zero-order chi connectivity index (χ0) is 82.4. The molecular formula is C95H185NO18. The molecule has 0 aromatic rings. The minimum Gasteiger partial charge on any atom is -0.394 e. The van der Waals surface area contributed by atoms with E-state index in [4.69, 9.17) is 28.4 Å². The summed E-state index contributed by atoms with van der Waals surface area (Å²) in [5.41, 5.74) is 0. The Balaban J connectivity index is 1.28. The van der Waals surface area contributed by atoms with Gasteiger partial charge in [-0.15, -0.1) is 0 Å². The van der Waals surface area contributed by atoms with Crippen LogP contribution in [0.15, 0.2) is 0 Å². The third-order valence-electron chi connectivity index (χ3n) is 25.2. The second-order valence-corrected chi connectivity index (χ2v) is 35.6. The number of hydrogen-bond acceptors (Lipinski definition) is 18. The van der Waals surface area contributed by atoms with Crippen LogP contribution in [0.4, 0.5) is 0 Å². The van der Waals surface area contributed by atoms with Gasteiger partial charge in [0.2, 0.25) is 5.91 Å². The average molecular weight is 1630 g/mol. The van der Waals surface area contributed by atoms with Crippen molar-refractivity contribution in [1.29, 1.82) is 0 Å². The highest BCUT2D eigenvalue weighted by atomic mass is 16.8. The molecule has 3 saturated heterocycles. The molecule has 114 heavy (non-hydrogen) atoms. The van der Waals surface area contributed by atoms with E-state index in [-0.39, 0.29) is 18.9 Å². The summed E-state index contributed by atoms with van der Waals surface area (Å²) in [4.78, 5) is 13.6. The first-order chi connectivity index (χ1) is 55.8. The number of amides is 1. The van der Waals surface area contributed by atoms with Crippen LogP contribution in [0.25, 0.3) is 0 Å². The molecule has 3 heterocycles. The maximum Gasteiger partial charge on any atom is 0.220 e. The number of aliphatic hydroxyl groups excluding tert-OH is 11. The Morgan fingerprint density at radius 2 is 0.500 bits per heavy atom. The molecule has 0 saturated carbocycles. The summed E-state index contributed by atoms with van der Waals surface area (Å²) in [7, 11) is 0. The van der Waals surface area contributed by atoms with Crippen LogP contribution in [-0.2, 0) is 33.2 Å². The van der Waals surface area contributed by atoms with Crippen LogP contribution in [0.2, 0.25) is 0 Å². The van der Waals surface area contributed by atoms with E-state index in [1.165, 1.54) is 392 Å². The fraction of sp³-hybridized carbons (Fsp3) is 0.989. The Hall–Kier alpha value is -1.21. The zero-order valence-corrected chi connectivity index (χ0v) is 73.6. The lowest BCUT2D eigenvalue weighted by Gasteiger charge is -2.48. The quantitative estimate of drug-likeness (QED) is 0.0252. The number of unbranched alkanes of at least 4 members (excludes halogenated alkanes) is 67. The van der Waals surface area contributed by atoms with E-state index < -0.39 is 124 Å². The summed E-state index contributed by atoms with van der Waals surface area (Å²) in [6, 6.07) is -0.885. The van der Waals surface area contributed by atoms with Crippen molar-refractivity contribution < 1.29 is 89.4 Å². The van der Waals surface area contributed by atoms with Crippen molar-refractivity contribution in [2.24, 2.45) is 0 Å². The minimum absolute atomic E-state index is 0.230. The van der Waals surface area contributed by atoms with Crippen molar-refractivity contribution in [3.8, 4) is 0 Å². The molecule has 0 spiro atoms. The van der Waals surface area contributed by atoms with Gasteiger partial charge in [0.25, 0.3) is 0 Å². The first kappa shape index (κ1) is 107. The average Bonchev–Trinajstić information content (AvgIpc) is 0.783. The Morgan fingerprint density at radius 1 is 0.281 bits per heavy atom. The van der Waals surface area contributed by atoms with Crippen molar-refractivity contribution in [3.05, 3.63) is 0 Å². The predicted octanol–water partition coefficient (Wildman–Crippen LogP) is 20.0. The van der Waals surface area contributed by atoms with E-state index in [1.54, 1.807) is 0 Å². The number of carbonyl (C=O) groups excluding carboxylic acids is 1. The minimum atomic E-state index is -1.97. The van der Waals surface area contributed by atoms with Gasteiger partial charge in [-0.05, 0) is 12.8 Å². The first-order valence-corrected chi connectivity index (χ1v) is 49.3. The van der Waals surface area contributed by atoms with Crippen molar-refractivity contribution in [3.63, 3.8) is 0 Å². The first-order valence-electron chi connectivity index (χ1n) is 49.3. The summed E-state index contributed by atoms with van der Waals surface area (Å²) < 4.78 is 34.7. The fourth-order valence-corrected chi connectivity index (χ4v) is 17.4. The van der Waals surface area contributed by atoms with Crippen molar-refractivity contribution in [2.45, 2.75) is 574 Å². The van der Waals surface area contributed by atoms with Gasteiger partial charge < -0.3 is 89.9 Å². The van der Waals surface area contributed by atoms with Crippen molar-refractivity contribution >= 4 is 5.91 Å². The topological polar surface area (TPSA) is 307 Å². The standard InChI is InChI=1S/C95H185NO18/c1-3-5-7-9-11-13-15-17-19-21-23-25-27-29-31-33-35-36-37-38-39-40-41-43-45-47-49-51-53-55-57-59-61-63-65-67-69-71-73-83(101)96-78(79(100)72-70-68-66-64-62-60-58-56-54-52-50-48-46-44-42-34-32-30-28-26-24-22-20-18-16-14-12-10-8-6-4-2)77-109-93-89(107)86(104)91(81(75-98)111-93)114-95-90(108)87(105)92(82(76-99)112-95)113-94-88(106)85(103)84(102)80(74-97)110-94/h78-82,84-95,97-100,102-108H,3-77H2,1-2H3,(H,96,101). The number of hydrogen-bond donors (Lipinski definition) is 12. The molecule has 0 bridgehead atoms. The van der Waals surface area contributed by atoms with E-state index in [0.717, 1.165) is 44.9 Å². The molecule has 3 aliphatic heterocycles. The highest BCUT2D eigenvalue weighted by Crippen LogP contribution is 2.34. The van der Waals surface area contributed by atoms with E-state index >= 15 is 0 Å². The van der Waals surface area contributed by atoms with Crippen LogP contribution in [0.5, 0.6) is 0 Å². The van der Waals surface area contributed by atoms with Crippen LogP contribution < -0.4 is 5.32 Å². The van der Waals surface area contributed by atoms with Gasteiger partial charge in [-0.25, -0.2) is 0 Å². The maximum absolute atomic E-state index is 13.6. The molecule has 0 aromatic carbocycles. The van der Waals surface area contributed by atoms with Crippen LogP contribution >= 0.6 is 0 Å². The Bertz CT molecular complexity index is 2050. The van der Waals surface area contributed by atoms with Gasteiger partial charge >= 0.3 is 0 Å². The molecule has 3 rings (SSSR count). The molecule has 0 aromatic heterocycles. The van der Waals surface area contributed by atoms with E-state index in [0.29, 0.717) is 12.8 Å². The molecular weight excluding hydrogens is 1440 g/mol. The van der Waals surface area contributed by atoms with Gasteiger partial charge in [-0.3, -0.25) is 4.79 Å². The van der Waals surface area contributed by atoms with Crippen molar-refractivity contribution in [2.75, 3.05) is 26.4 Å². The molecule has 0 radical (unpaired) electrons. The fourth-order valence-electron chi connectivity index (χ4n) is 17.4. The van der Waals surface area contributed by atoms with E-state index in [9.17, 15) is 61.0 Å². The van der Waals surface area contributed by atoms with Crippen LogP contribution in [0, 0.1) is 0 Å². The smallest absolute Gasteiger partial charge is 0.220 e. The lowest BCUT2D eigenvalue weighted by Crippen LogP contribution is -2.66. The summed E-state index contributed by atoms with van der Waals surface area (Å²) in [5, 5.41) is 122. The predicted molar refractivity (Wildman–Crippen MR) is 462 cm³/mol. The zero-order valence-electron chi connectivity index (χ0n) is 73.6. The van der Waals surface area contributed by atoms with Gasteiger partial charge in [-0.1, -0.05) is 450 Å². The number of rotatable bonds is 83. The molecule has 1 amide bonds. The highest BCUT2D eigenvalue weighted by Gasteiger charge is 2.54. The van der Waals surface area contributed by atoms with Gasteiger partial charge in [0.15, 0.2) is 18.9 Å². The second-order valence-electron chi connectivity index (χ2n) is 35.6. The third-order valence-corrected chi connectivity index (χ3v) is 25.2. The largest absolute Gasteiger partial charge is 0.394 e. The summed E-state index contributed by atoms with van der Waals surface area (Å²) in [6.45, 7) is 1.90. The van der Waals surface area contributed by atoms with Crippen LogP contribution in [0.3, 0.4) is 0 Å². The number of carbonyl (C=O) groups is 1. The van der Waals surface area contributed by atoms with Crippen molar-refractivity contribution in [1.82, 2.24) is 5.32 Å². The number of ether oxygens (including phenoxy) is 6. The molecule has 678 valence electrons. The Kier molecular flexibility index (Phi) is 70.9. The number of nitrogens with one attached hydrogen (secondary N) is 1. The Labute approximate surface area is 697 Å². The maximum atomic E-state index is 13.6. The molecule has 3 fully saturated rings. The normalized spacial score (nSPS) is 24.6. The molecule has 3 aliphatic rings. The van der Waals surface area contributed by atoms with Crippen LogP contribution in [-0.4, -0.2) is 193 Å². The monoisotopic (exact) mass is 1630 g/mol. The van der Waals surface area contributed by atoms with E-state index in [2.05, 4.69) is 19.2 Å². The van der Waals surface area contributed by atoms with Gasteiger partial charge in [0, 0.05) is 6.42 Å². The van der Waals surface area contributed by atoms with Gasteiger partial charge in [0.05, 0.1) is 38.6 Å². The van der Waals surface area contributed by atoms with E-state index in [1.807, 2.05) is 0 Å². The molecule has 19 heteroatoms. The summed E-state index contributed by atoms with van der Waals surface area (Å²) >= 11 is 0. The Morgan fingerprint density at radius 3 is 0.763 bits per heavy atom. The van der Waals surface area contributed by atoms with Crippen LogP contribution in [0.1, 0.15) is 470 Å². The summed E-state index contributed by atoms with van der Waals surface area (Å²) in [6.07, 6.45) is 66.8. The number of aliphatic hydroxyl groups is 11. The SMILES string of the molecule is CCCCCCCCCCCCCCCCCCCCCCCCCCCCCCCCCCCCCCCCC(=O)NC(COC1OC(CO)C(OC2OC(CO)C(OC3OC(CO)C(O)C(O)C3O)C(O)C2O)C(O)C1O)C(O)CCCCCCCCCCCCCCCCCCCCCCCCCCCCCCCCC. The molecule has 12 N–H and O–H groups in total. The lowest BCUT2D eigenvalue weighted by atomic mass is 9.96. The molecule has 19 nitrogen and oxygen atoms in total. The third kappa shape index (κ3) is 53.0. The van der Waals surface area contributed by atoms with Gasteiger partial charge in [0.1, 0.15) is 73.2 Å². The van der Waals surface area contributed by atoms with Gasteiger partial charge in [-0.2, -0.15) is 0 Å². The second kappa shape index (κ2) is 75.5. The molecule has 17 atom stereocenters. The summed E-state index contributed by atoms with van der Waals surface area (Å²) in [5.74, 6) is -0.230. The molecule has 17 unspecified atom stereocenters. The highest BCUT2D eigenvalue weighted by molar-refractivity contribution is 5.76. The lowest BCUT2D eigenvalue weighted by molar-refractivity contribution is -0.379. The molecule has 0 aliphatic carbocycles.